The fraction of sp³-hybridized carbons (Fsp3) is 0.636. The summed E-state index contributed by atoms with van der Waals surface area (Å²) in [5.41, 5.74) is 0. The van der Waals surface area contributed by atoms with Gasteiger partial charge in [-0.2, -0.15) is 0 Å². The number of nitrogens with zero attached hydrogens (tertiary/aromatic N) is 2. The molecule has 0 aliphatic rings. The Morgan fingerprint density at radius 1 is 1.57 bits per heavy atom. The van der Waals surface area contributed by atoms with Crippen molar-refractivity contribution in [2.24, 2.45) is 13.0 Å². The molecule has 0 aliphatic carbocycles. The summed E-state index contributed by atoms with van der Waals surface area (Å²) in [7, 11) is 1.91. The van der Waals surface area contributed by atoms with E-state index in [2.05, 4.69) is 18.8 Å². The lowest BCUT2D eigenvalue weighted by Crippen LogP contribution is -2.08. The third-order valence-corrected chi connectivity index (χ3v) is 2.28. The number of aryl methyl sites for hydroxylation is 1. The van der Waals surface area contributed by atoms with Gasteiger partial charge in [0.05, 0.1) is 6.42 Å². The van der Waals surface area contributed by atoms with E-state index in [1.165, 1.54) is 0 Å². The lowest BCUT2D eigenvalue weighted by atomic mass is 10.0. The maximum Gasteiger partial charge on any atom is 0.140 e. The standard InChI is InChI=1S/C11H18N2O/c1-9(2)4-5-10(14)8-11-12-6-7-13(11)3/h6-7,9H,4-5,8H2,1-3H3. The van der Waals surface area contributed by atoms with Crippen LogP contribution in [-0.4, -0.2) is 15.3 Å². The van der Waals surface area contributed by atoms with Gasteiger partial charge in [-0.1, -0.05) is 13.8 Å². The average Bonchev–Trinajstić information content (AvgIpc) is 2.49. The van der Waals surface area contributed by atoms with Crippen LogP contribution in [0.5, 0.6) is 0 Å². The van der Waals surface area contributed by atoms with Gasteiger partial charge in [0, 0.05) is 25.9 Å². The van der Waals surface area contributed by atoms with Crippen LogP contribution in [0.1, 0.15) is 32.5 Å². The van der Waals surface area contributed by atoms with Crippen LogP contribution in [-0.2, 0) is 18.3 Å². The van der Waals surface area contributed by atoms with Gasteiger partial charge in [-0.05, 0) is 12.3 Å². The highest BCUT2D eigenvalue weighted by atomic mass is 16.1. The molecule has 0 atom stereocenters. The van der Waals surface area contributed by atoms with Crippen LogP contribution in [0.2, 0.25) is 0 Å². The number of carbonyl (C=O) groups is 1. The summed E-state index contributed by atoms with van der Waals surface area (Å²) in [6, 6.07) is 0. The van der Waals surface area contributed by atoms with Gasteiger partial charge < -0.3 is 4.57 Å². The van der Waals surface area contributed by atoms with Gasteiger partial charge in [0.1, 0.15) is 11.6 Å². The third kappa shape index (κ3) is 3.32. The topological polar surface area (TPSA) is 34.9 Å². The normalized spacial score (nSPS) is 10.9. The molecule has 3 nitrogen and oxygen atoms in total. The van der Waals surface area contributed by atoms with Crippen LogP contribution in [0.25, 0.3) is 0 Å². The minimum absolute atomic E-state index is 0.285. The monoisotopic (exact) mass is 194 g/mol. The van der Waals surface area contributed by atoms with Gasteiger partial charge in [-0.3, -0.25) is 4.79 Å². The zero-order chi connectivity index (χ0) is 10.6. The molecule has 1 rings (SSSR count). The van der Waals surface area contributed by atoms with Crippen molar-refractivity contribution in [3.8, 4) is 0 Å². The SMILES string of the molecule is CC(C)CCC(=O)Cc1nccn1C. The van der Waals surface area contributed by atoms with Crippen LogP contribution < -0.4 is 0 Å². The van der Waals surface area contributed by atoms with E-state index >= 15 is 0 Å². The Balaban J connectivity index is 2.38. The molecular formula is C11H18N2O. The minimum Gasteiger partial charge on any atom is -0.338 e. The molecule has 0 N–H and O–H groups in total. The van der Waals surface area contributed by atoms with E-state index in [-0.39, 0.29) is 5.78 Å². The Hall–Kier alpha value is -1.12. The second kappa shape index (κ2) is 4.94. The summed E-state index contributed by atoms with van der Waals surface area (Å²) in [5, 5.41) is 0. The van der Waals surface area contributed by atoms with E-state index in [1.807, 2.05) is 17.8 Å². The van der Waals surface area contributed by atoms with Gasteiger partial charge in [-0.25, -0.2) is 4.98 Å². The predicted octanol–water partition coefficient (Wildman–Crippen LogP) is 1.97. The summed E-state index contributed by atoms with van der Waals surface area (Å²) in [6.07, 6.45) is 5.71. The first kappa shape index (κ1) is 11.0. The van der Waals surface area contributed by atoms with E-state index < -0.39 is 0 Å². The van der Waals surface area contributed by atoms with E-state index in [4.69, 9.17) is 0 Å². The van der Waals surface area contributed by atoms with Crippen molar-refractivity contribution in [2.75, 3.05) is 0 Å². The number of ketones is 1. The predicted molar refractivity (Wildman–Crippen MR) is 56.0 cm³/mol. The van der Waals surface area contributed by atoms with Gasteiger partial charge in [-0.15, -0.1) is 0 Å². The maximum atomic E-state index is 11.5. The molecule has 1 heterocycles. The summed E-state index contributed by atoms with van der Waals surface area (Å²) < 4.78 is 1.90. The molecule has 0 radical (unpaired) electrons. The Kier molecular flexibility index (Phi) is 3.86. The lowest BCUT2D eigenvalue weighted by Gasteiger charge is -2.03. The molecule has 0 unspecified atom stereocenters. The van der Waals surface area contributed by atoms with Crippen LogP contribution >= 0.6 is 0 Å². The van der Waals surface area contributed by atoms with Crippen molar-refractivity contribution in [3.05, 3.63) is 18.2 Å². The molecule has 14 heavy (non-hydrogen) atoms. The van der Waals surface area contributed by atoms with Gasteiger partial charge >= 0.3 is 0 Å². The number of hydrogen-bond acceptors (Lipinski definition) is 2. The highest BCUT2D eigenvalue weighted by molar-refractivity contribution is 5.80. The van der Waals surface area contributed by atoms with E-state index in [0.717, 1.165) is 12.2 Å². The van der Waals surface area contributed by atoms with Gasteiger partial charge in [0.2, 0.25) is 0 Å². The molecule has 3 heteroatoms. The van der Waals surface area contributed by atoms with Crippen molar-refractivity contribution in [1.82, 2.24) is 9.55 Å². The number of carbonyl (C=O) groups excluding carboxylic acids is 1. The van der Waals surface area contributed by atoms with Crippen molar-refractivity contribution in [2.45, 2.75) is 33.1 Å². The van der Waals surface area contributed by atoms with Crippen molar-refractivity contribution in [3.63, 3.8) is 0 Å². The number of rotatable bonds is 5. The number of hydrogen-bond donors (Lipinski definition) is 0. The lowest BCUT2D eigenvalue weighted by molar-refractivity contribution is -0.118. The Bertz CT molecular complexity index is 302. The molecule has 0 bridgehead atoms. The molecule has 0 amide bonds. The number of imidazole rings is 1. The van der Waals surface area contributed by atoms with Gasteiger partial charge in [0.15, 0.2) is 0 Å². The highest BCUT2D eigenvalue weighted by Crippen LogP contribution is 2.06. The van der Waals surface area contributed by atoms with Crippen LogP contribution in [0, 0.1) is 5.92 Å². The van der Waals surface area contributed by atoms with Crippen molar-refractivity contribution < 1.29 is 4.79 Å². The van der Waals surface area contributed by atoms with Crippen molar-refractivity contribution >= 4 is 5.78 Å². The first-order valence-electron chi connectivity index (χ1n) is 5.07. The fourth-order valence-electron chi connectivity index (χ4n) is 1.28. The van der Waals surface area contributed by atoms with Gasteiger partial charge in [0.25, 0.3) is 0 Å². The summed E-state index contributed by atoms with van der Waals surface area (Å²) in [4.78, 5) is 15.6. The summed E-state index contributed by atoms with van der Waals surface area (Å²) in [6.45, 7) is 4.27. The summed E-state index contributed by atoms with van der Waals surface area (Å²) >= 11 is 0. The first-order valence-corrected chi connectivity index (χ1v) is 5.07. The quantitative estimate of drug-likeness (QED) is 0.718. The van der Waals surface area contributed by atoms with Crippen LogP contribution in [0.3, 0.4) is 0 Å². The molecule has 0 saturated heterocycles. The fourth-order valence-corrected chi connectivity index (χ4v) is 1.28. The Labute approximate surface area is 85.2 Å². The Morgan fingerprint density at radius 3 is 2.79 bits per heavy atom. The molecule has 78 valence electrons. The third-order valence-electron chi connectivity index (χ3n) is 2.28. The molecule has 0 saturated carbocycles. The molecule has 1 aromatic rings. The average molecular weight is 194 g/mol. The van der Waals surface area contributed by atoms with E-state index in [1.54, 1.807) is 6.20 Å². The smallest absolute Gasteiger partial charge is 0.140 e. The second-order valence-electron chi connectivity index (χ2n) is 4.10. The zero-order valence-corrected chi connectivity index (χ0v) is 9.16. The van der Waals surface area contributed by atoms with Crippen molar-refractivity contribution in [1.29, 1.82) is 0 Å². The maximum absolute atomic E-state index is 11.5. The zero-order valence-electron chi connectivity index (χ0n) is 9.16. The molecule has 1 aromatic heterocycles. The number of aromatic nitrogens is 2. The van der Waals surface area contributed by atoms with Crippen LogP contribution in [0.4, 0.5) is 0 Å². The second-order valence-corrected chi connectivity index (χ2v) is 4.10. The molecule has 0 aromatic carbocycles. The molecule has 0 aliphatic heterocycles. The summed E-state index contributed by atoms with van der Waals surface area (Å²) in [5.74, 6) is 1.74. The number of Topliss-reactive ketones (excluding diaryl/α,β-unsaturated/α-hetero) is 1. The van der Waals surface area contributed by atoms with E-state index in [0.29, 0.717) is 18.8 Å². The molecular weight excluding hydrogens is 176 g/mol. The minimum atomic E-state index is 0.285. The van der Waals surface area contributed by atoms with E-state index in [9.17, 15) is 4.79 Å². The molecule has 0 spiro atoms. The van der Waals surface area contributed by atoms with Crippen LogP contribution in [0.15, 0.2) is 12.4 Å². The molecule has 0 fully saturated rings. The largest absolute Gasteiger partial charge is 0.338 e. The first-order chi connectivity index (χ1) is 6.59. The highest BCUT2D eigenvalue weighted by Gasteiger charge is 2.07. The Morgan fingerprint density at radius 2 is 2.29 bits per heavy atom.